The van der Waals surface area contributed by atoms with Crippen molar-refractivity contribution >= 4 is 11.6 Å². The fourth-order valence-corrected chi connectivity index (χ4v) is 1.92. The number of hydrogen-bond donors (Lipinski definition) is 2. The first kappa shape index (κ1) is 13.7. The molecule has 0 radical (unpaired) electrons. The van der Waals surface area contributed by atoms with E-state index < -0.39 is 0 Å². The molecule has 1 unspecified atom stereocenters. The zero-order valence-corrected chi connectivity index (χ0v) is 11.4. The van der Waals surface area contributed by atoms with Crippen molar-refractivity contribution in [1.29, 1.82) is 0 Å². The number of hydrogen-bond acceptors (Lipinski definition) is 3. The molecule has 1 aliphatic rings. The van der Waals surface area contributed by atoms with Crippen LogP contribution < -0.4 is 10.1 Å². The molecular formula is C14H20ClNO2. The highest BCUT2D eigenvalue weighted by Crippen LogP contribution is 2.26. The maximum atomic E-state index is 9.15. The van der Waals surface area contributed by atoms with Gasteiger partial charge in [0.1, 0.15) is 5.75 Å². The van der Waals surface area contributed by atoms with E-state index in [0.29, 0.717) is 29.8 Å². The molecule has 2 N–H and O–H groups in total. The smallest absolute Gasteiger partial charge is 0.137 e. The minimum atomic E-state index is -0.342. The lowest BCUT2D eigenvalue weighted by Gasteiger charge is -2.11. The molecule has 0 spiro atoms. The van der Waals surface area contributed by atoms with Gasteiger partial charge in [-0.25, -0.2) is 0 Å². The second kappa shape index (κ2) is 6.41. The molecule has 0 amide bonds. The maximum Gasteiger partial charge on any atom is 0.137 e. The quantitative estimate of drug-likeness (QED) is 0.800. The van der Waals surface area contributed by atoms with E-state index in [9.17, 15) is 0 Å². The lowest BCUT2D eigenvalue weighted by Crippen LogP contribution is -2.15. The highest BCUT2D eigenvalue weighted by molar-refractivity contribution is 6.32. The highest BCUT2D eigenvalue weighted by Gasteiger charge is 2.20. The van der Waals surface area contributed by atoms with Gasteiger partial charge in [0.25, 0.3) is 0 Å². The first-order valence-electron chi connectivity index (χ1n) is 6.48. The first-order chi connectivity index (χ1) is 8.65. The highest BCUT2D eigenvalue weighted by atomic mass is 35.5. The Kier molecular flexibility index (Phi) is 4.87. The lowest BCUT2D eigenvalue weighted by molar-refractivity contribution is 0.155. The Morgan fingerprint density at radius 3 is 2.89 bits per heavy atom. The van der Waals surface area contributed by atoms with Crippen molar-refractivity contribution in [3.05, 3.63) is 28.8 Å². The molecule has 0 aromatic heterocycles. The number of nitrogens with one attached hydrogen (secondary N) is 1. The molecule has 1 aliphatic carbocycles. The fraction of sp³-hybridized carbons (Fsp3) is 0.571. The molecule has 0 aliphatic heterocycles. The molecule has 0 heterocycles. The molecule has 100 valence electrons. The molecule has 3 nitrogen and oxygen atoms in total. The fourth-order valence-electron chi connectivity index (χ4n) is 1.66. The van der Waals surface area contributed by atoms with Gasteiger partial charge < -0.3 is 15.2 Å². The number of aliphatic hydroxyl groups excluding tert-OH is 1. The van der Waals surface area contributed by atoms with Crippen LogP contribution in [-0.4, -0.2) is 23.9 Å². The molecule has 1 atom stereocenters. The summed E-state index contributed by atoms with van der Waals surface area (Å²) in [6, 6.07) is 6.56. The average Bonchev–Trinajstić information content (AvgIpc) is 3.12. The Balaban J connectivity index is 1.83. The molecule has 18 heavy (non-hydrogen) atoms. The maximum absolute atomic E-state index is 9.15. The summed E-state index contributed by atoms with van der Waals surface area (Å²) >= 11 is 6.16. The van der Waals surface area contributed by atoms with Crippen LogP contribution in [0.1, 0.15) is 31.7 Å². The van der Waals surface area contributed by atoms with Crippen LogP contribution in [0.2, 0.25) is 5.02 Å². The summed E-state index contributed by atoms with van der Waals surface area (Å²) in [7, 11) is 0. The molecule has 0 bridgehead atoms. The van der Waals surface area contributed by atoms with Gasteiger partial charge in [-0.1, -0.05) is 17.7 Å². The predicted octanol–water partition coefficient (Wildman–Crippen LogP) is 2.74. The van der Waals surface area contributed by atoms with Crippen molar-refractivity contribution in [2.75, 3.05) is 6.61 Å². The Labute approximate surface area is 113 Å². The van der Waals surface area contributed by atoms with Gasteiger partial charge in [0.05, 0.1) is 17.7 Å². The van der Waals surface area contributed by atoms with Gasteiger partial charge in [0.15, 0.2) is 0 Å². The first-order valence-corrected chi connectivity index (χ1v) is 6.85. The van der Waals surface area contributed by atoms with Gasteiger partial charge in [-0.3, -0.25) is 0 Å². The number of rotatable bonds is 7. The van der Waals surface area contributed by atoms with Crippen molar-refractivity contribution in [2.24, 2.45) is 0 Å². The van der Waals surface area contributed by atoms with Crippen LogP contribution in [0.3, 0.4) is 0 Å². The largest absolute Gasteiger partial charge is 0.492 e. The topological polar surface area (TPSA) is 41.5 Å². The summed E-state index contributed by atoms with van der Waals surface area (Å²) in [5, 5.41) is 13.2. The zero-order valence-electron chi connectivity index (χ0n) is 10.7. The van der Waals surface area contributed by atoms with Crippen LogP contribution >= 0.6 is 11.6 Å². The minimum Gasteiger partial charge on any atom is -0.492 e. The Hall–Kier alpha value is -0.770. The van der Waals surface area contributed by atoms with Crippen molar-refractivity contribution in [1.82, 2.24) is 5.32 Å². The molecule has 0 saturated heterocycles. The second-order valence-electron chi connectivity index (χ2n) is 4.91. The summed E-state index contributed by atoms with van der Waals surface area (Å²) in [5.41, 5.74) is 1.18. The van der Waals surface area contributed by atoms with Gasteiger partial charge in [-0.15, -0.1) is 0 Å². The van der Waals surface area contributed by atoms with E-state index in [1.807, 2.05) is 18.2 Å². The van der Waals surface area contributed by atoms with Crippen LogP contribution in [0.4, 0.5) is 0 Å². The van der Waals surface area contributed by atoms with Crippen molar-refractivity contribution in [3.8, 4) is 5.75 Å². The number of benzene rings is 1. The summed E-state index contributed by atoms with van der Waals surface area (Å²) in [6.07, 6.45) is 2.84. The molecule has 1 aromatic rings. The van der Waals surface area contributed by atoms with E-state index in [-0.39, 0.29) is 6.10 Å². The van der Waals surface area contributed by atoms with Crippen molar-refractivity contribution in [2.45, 2.75) is 44.9 Å². The number of aliphatic hydroxyl groups is 1. The molecule has 1 saturated carbocycles. The van der Waals surface area contributed by atoms with Gasteiger partial charge >= 0.3 is 0 Å². The van der Waals surface area contributed by atoms with Crippen LogP contribution in [0, 0.1) is 0 Å². The molecular weight excluding hydrogens is 250 g/mol. The Morgan fingerprint density at radius 1 is 1.50 bits per heavy atom. The standard InChI is InChI=1S/C14H20ClNO2/c1-10(17)6-7-18-14-5-2-11(8-13(14)15)9-16-12-3-4-12/h2,5,8,10,12,16-17H,3-4,6-7,9H2,1H3. The molecule has 1 aromatic carbocycles. The molecule has 4 heteroatoms. The third-order valence-electron chi connectivity index (χ3n) is 2.96. The predicted molar refractivity (Wildman–Crippen MR) is 73.1 cm³/mol. The third kappa shape index (κ3) is 4.48. The van der Waals surface area contributed by atoms with Crippen LogP contribution in [0.15, 0.2) is 18.2 Å². The van der Waals surface area contributed by atoms with E-state index in [1.165, 1.54) is 18.4 Å². The van der Waals surface area contributed by atoms with E-state index >= 15 is 0 Å². The van der Waals surface area contributed by atoms with Crippen LogP contribution in [0.25, 0.3) is 0 Å². The van der Waals surface area contributed by atoms with Crippen molar-refractivity contribution in [3.63, 3.8) is 0 Å². The van der Waals surface area contributed by atoms with Gasteiger partial charge in [0, 0.05) is 19.0 Å². The SMILES string of the molecule is CC(O)CCOc1ccc(CNC2CC2)cc1Cl. The summed E-state index contributed by atoms with van der Waals surface area (Å²) < 4.78 is 5.53. The summed E-state index contributed by atoms with van der Waals surface area (Å²) in [4.78, 5) is 0. The Morgan fingerprint density at radius 2 is 2.28 bits per heavy atom. The van der Waals surface area contributed by atoms with E-state index in [4.69, 9.17) is 21.4 Å². The van der Waals surface area contributed by atoms with Crippen LogP contribution in [0.5, 0.6) is 5.75 Å². The van der Waals surface area contributed by atoms with E-state index in [2.05, 4.69) is 5.32 Å². The van der Waals surface area contributed by atoms with Gasteiger partial charge in [-0.2, -0.15) is 0 Å². The van der Waals surface area contributed by atoms with E-state index in [1.54, 1.807) is 6.92 Å². The Bertz CT molecular complexity index is 391. The number of halogens is 1. The zero-order chi connectivity index (χ0) is 13.0. The molecule has 1 fully saturated rings. The average molecular weight is 270 g/mol. The monoisotopic (exact) mass is 269 g/mol. The van der Waals surface area contributed by atoms with Crippen molar-refractivity contribution < 1.29 is 9.84 Å². The van der Waals surface area contributed by atoms with Gasteiger partial charge in [0.2, 0.25) is 0 Å². The third-order valence-corrected chi connectivity index (χ3v) is 3.26. The number of ether oxygens (including phenoxy) is 1. The lowest BCUT2D eigenvalue weighted by atomic mass is 10.2. The minimum absolute atomic E-state index is 0.342. The van der Waals surface area contributed by atoms with Crippen LogP contribution in [-0.2, 0) is 6.54 Å². The molecule has 2 rings (SSSR count). The van der Waals surface area contributed by atoms with E-state index in [0.717, 1.165) is 6.54 Å². The summed E-state index contributed by atoms with van der Waals surface area (Å²) in [5.74, 6) is 0.687. The second-order valence-corrected chi connectivity index (χ2v) is 5.31. The summed E-state index contributed by atoms with van der Waals surface area (Å²) in [6.45, 7) is 3.09. The normalized spacial score (nSPS) is 16.6. The van der Waals surface area contributed by atoms with Gasteiger partial charge in [-0.05, 0) is 37.5 Å².